The lowest BCUT2D eigenvalue weighted by atomic mass is 9.86. The van der Waals surface area contributed by atoms with Gasteiger partial charge >= 0.3 is 6.03 Å². The first-order valence-corrected chi connectivity index (χ1v) is 7.65. The van der Waals surface area contributed by atoms with Crippen LogP contribution >= 0.6 is 0 Å². The van der Waals surface area contributed by atoms with E-state index < -0.39 is 5.54 Å². The van der Waals surface area contributed by atoms with E-state index in [1.54, 1.807) is 9.58 Å². The van der Waals surface area contributed by atoms with E-state index in [2.05, 4.69) is 20.5 Å². The molecule has 2 fully saturated rings. The average Bonchev–Trinajstić information content (AvgIpc) is 3.01. The molecule has 3 heterocycles. The zero-order valence-corrected chi connectivity index (χ0v) is 13.1. The number of nitrogens with one attached hydrogen (secondary N) is 1. The summed E-state index contributed by atoms with van der Waals surface area (Å²) in [6.45, 7) is 1.56. The Bertz CT molecular complexity index is 805. The first-order chi connectivity index (χ1) is 11.0. The Balaban J connectivity index is 1.80. The van der Waals surface area contributed by atoms with Crippen LogP contribution in [0.2, 0.25) is 0 Å². The second kappa shape index (κ2) is 4.76. The van der Waals surface area contributed by atoms with Crippen LogP contribution in [0, 0.1) is 0 Å². The number of carbonyl (C=O) groups excluding carboxylic acids is 2. The van der Waals surface area contributed by atoms with Crippen LogP contribution in [0.4, 0.5) is 10.5 Å². The van der Waals surface area contributed by atoms with Crippen molar-refractivity contribution in [3.63, 3.8) is 0 Å². The third kappa shape index (κ3) is 1.94. The highest BCUT2D eigenvalue weighted by Gasteiger charge is 2.54. The highest BCUT2D eigenvalue weighted by molar-refractivity contribution is 6.17. The van der Waals surface area contributed by atoms with Gasteiger partial charge in [-0.15, -0.1) is 5.10 Å². The number of aryl methyl sites for hydroxylation is 1. The topological polar surface area (TPSA) is 83.4 Å². The lowest BCUT2D eigenvalue weighted by Gasteiger charge is -2.41. The van der Waals surface area contributed by atoms with E-state index in [0.29, 0.717) is 24.0 Å². The summed E-state index contributed by atoms with van der Waals surface area (Å²) in [5, 5.41) is 10.6. The molecular formula is C15H18N6O2. The highest BCUT2D eigenvalue weighted by Crippen LogP contribution is 2.37. The molecular weight excluding hydrogens is 296 g/mol. The number of hydrogen-bond acceptors (Lipinski definition) is 5. The quantitative estimate of drug-likeness (QED) is 0.775. The van der Waals surface area contributed by atoms with Crippen molar-refractivity contribution in [2.45, 2.75) is 18.4 Å². The number of piperidine rings is 1. The summed E-state index contributed by atoms with van der Waals surface area (Å²) in [5.74, 6) is -0.199. The number of hydrogen-bond donors (Lipinski definition) is 1. The largest absolute Gasteiger partial charge is 0.329 e. The first-order valence-electron chi connectivity index (χ1n) is 7.65. The molecule has 1 aromatic heterocycles. The Morgan fingerprint density at radius 1 is 1.17 bits per heavy atom. The molecule has 0 atom stereocenters. The predicted molar refractivity (Wildman–Crippen MR) is 84.0 cm³/mol. The van der Waals surface area contributed by atoms with Crippen molar-refractivity contribution in [1.29, 1.82) is 0 Å². The summed E-state index contributed by atoms with van der Waals surface area (Å²) in [6, 6.07) is 5.19. The Morgan fingerprint density at radius 2 is 1.91 bits per heavy atom. The number of aromatic nitrogens is 3. The van der Waals surface area contributed by atoms with Crippen LogP contribution in [0.5, 0.6) is 0 Å². The number of likely N-dealkylation sites (tertiary alicyclic amines) is 1. The van der Waals surface area contributed by atoms with Crippen LogP contribution in [0.3, 0.4) is 0 Å². The van der Waals surface area contributed by atoms with Gasteiger partial charge in [0.25, 0.3) is 5.91 Å². The maximum Gasteiger partial charge on any atom is 0.329 e. The number of imide groups is 1. The normalized spacial score (nSPS) is 21.4. The molecule has 2 aliphatic heterocycles. The molecule has 4 rings (SSSR count). The molecule has 1 N–H and O–H groups in total. The van der Waals surface area contributed by atoms with Gasteiger partial charge < -0.3 is 4.90 Å². The number of fused-ring (bicyclic) bond motifs is 1. The Morgan fingerprint density at radius 3 is 2.65 bits per heavy atom. The minimum absolute atomic E-state index is 0.199. The van der Waals surface area contributed by atoms with E-state index in [1.165, 1.54) is 0 Å². The van der Waals surface area contributed by atoms with Crippen LogP contribution in [-0.2, 0) is 11.8 Å². The van der Waals surface area contributed by atoms with E-state index in [1.807, 2.05) is 32.3 Å². The van der Waals surface area contributed by atoms with Crippen LogP contribution < -0.4 is 10.2 Å². The van der Waals surface area contributed by atoms with Gasteiger partial charge in [0.15, 0.2) is 0 Å². The summed E-state index contributed by atoms with van der Waals surface area (Å²) in [4.78, 5) is 28.7. The number of urea groups is 1. The van der Waals surface area contributed by atoms with Crippen LogP contribution in [0.25, 0.3) is 11.0 Å². The Kier molecular flexibility index (Phi) is 2.92. The maximum absolute atomic E-state index is 12.5. The van der Waals surface area contributed by atoms with Gasteiger partial charge in [-0.1, -0.05) is 5.21 Å². The fourth-order valence-corrected chi connectivity index (χ4v) is 3.54. The van der Waals surface area contributed by atoms with Gasteiger partial charge in [-0.2, -0.15) is 0 Å². The second-order valence-corrected chi connectivity index (χ2v) is 6.32. The van der Waals surface area contributed by atoms with Crippen molar-refractivity contribution in [1.82, 2.24) is 25.2 Å². The molecule has 2 aliphatic rings. The molecule has 8 nitrogen and oxygen atoms in total. The van der Waals surface area contributed by atoms with Crippen molar-refractivity contribution >= 4 is 28.7 Å². The van der Waals surface area contributed by atoms with Crippen LogP contribution in [0.15, 0.2) is 18.2 Å². The zero-order chi connectivity index (χ0) is 16.2. The fraction of sp³-hybridized carbons (Fsp3) is 0.467. The van der Waals surface area contributed by atoms with Crippen molar-refractivity contribution in [2.24, 2.45) is 7.05 Å². The number of nitrogens with zero attached hydrogens (tertiary/aromatic N) is 5. The highest BCUT2D eigenvalue weighted by atomic mass is 16.2. The Hall–Kier alpha value is -2.48. The summed E-state index contributed by atoms with van der Waals surface area (Å²) in [6.07, 6.45) is 1.25. The van der Waals surface area contributed by atoms with Crippen molar-refractivity contribution in [3.8, 4) is 0 Å². The molecule has 0 saturated carbocycles. The van der Waals surface area contributed by atoms with Crippen LogP contribution in [-0.4, -0.2) is 57.5 Å². The van der Waals surface area contributed by atoms with Gasteiger partial charge in [0, 0.05) is 25.8 Å². The van der Waals surface area contributed by atoms with Crippen molar-refractivity contribution in [3.05, 3.63) is 18.2 Å². The van der Waals surface area contributed by atoms with Crippen LogP contribution in [0.1, 0.15) is 12.8 Å². The molecule has 23 heavy (non-hydrogen) atoms. The SMILES string of the molecule is CN1CCC2(CC1)C(=O)NC(=O)N2c1ccc2c(c1)nnn2C. The fourth-order valence-electron chi connectivity index (χ4n) is 3.54. The van der Waals surface area contributed by atoms with Gasteiger partial charge in [-0.25, -0.2) is 9.48 Å². The number of anilines is 1. The first kappa shape index (κ1) is 14.1. The summed E-state index contributed by atoms with van der Waals surface area (Å²) in [7, 11) is 3.84. The minimum atomic E-state index is -0.792. The van der Waals surface area contributed by atoms with Gasteiger partial charge in [-0.05, 0) is 38.1 Å². The van der Waals surface area contributed by atoms with E-state index in [-0.39, 0.29) is 11.9 Å². The molecule has 2 saturated heterocycles. The summed E-state index contributed by atoms with van der Waals surface area (Å²) >= 11 is 0. The summed E-state index contributed by atoms with van der Waals surface area (Å²) < 4.78 is 1.68. The zero-order valence-electron chi connectivity index (χ0n) is 13.1. The van der Waals surface area contributed by atoms with Crippen molar-refractivity contribution < 1.29 is 9.59 Å². The minimum Gasteiger partial charge on any atom is -0.306 e. The molecule has 3 amide bonds. The third-order valence-electron chi connectivity index (χ3n) is 4.94. The molecule has 1 aromatic carbocycles. The maximum atomic E-state index is 12.5. The molecule has 0 aliphatic carbocycles. The van der Waals surface area contributed by atoms with Gasteiger partial charge in [0.2, 0.25) is 0 Å². The standard InChI is InChI=1S/C15H18N6O2/c1-19-7-5-15(6-8-19)13(22)16-14(23)21(15)10-3-4-12-11(9-10)17-18-20(12)2/h3-4,9H,5-8H2,1-2H3,(H,16,22,23). The lowest BCUT2D eigenvalue weighted by molar-refractivity contribution is -0.124. The van der Waals surface area contributed by atoms with Gasteiger partial charge in [-0.3, -0.25) is 15.0 Å². The second-order valence-electron chi connectivity index (χ2n) is 6.32. The monoisotopic (exact) mass is 314 g/mol. The molecule has 120 valence electrons. The van der Waals surface area contributed by atoms with E-state index in [4.69, 9.17) is 0 Å². The number of benzene rings is 1. The van der Waals surface area contributed by atoms with Crippen molar-refractivity contribution in [2.75, 3.05) is 25.0 Å². The molecule has 8 heteroatoms. The lowest BCUT2D eigenvalue weighted by Crippen LogP contribution is -2.56. The third-order valence-corrected chi connectivity index (χ3v) is 4.94. The van der Waals surface area contributed by atoms with Gasteiger partial charge in [0.05, 0.1) is 5.52 Å². The number of rotatable bonds is 1. The molecule has 0 unspecified atom stereocenters. The molecule has 2 aromatic rings. The molecule has 0 bridgehead atoms. The van der Waals surface area contributed by atoms with E-state index in [9.17, 15) is 9.59 Å². The molecule has 1 spiro atoms. The predicted octanol–water partition coefficient (Wildman–Crippen LogP) is 0.489. The van der Waals surface area contributed by atoms with E-state index >= 15 is 0 Å². The average molecular weight is 314 g/mol. The smallest absolute Gasteiger partial charge is 0.306 e. The Labute approximate surface area is 133 Å². The summed E-state index contributed by atoms with van der Waals surface area (Å²) in [5.41, 5.74) is 1.49. The number of carbonyl (C=O) groups is 2. The van der Waals surface area contributed by atoms with Gasteiger partial charge in [0.1, 0.15) is 11.1 Å². The van der Waals surface area contributed by atoms with E-state index in [0.717, 1.165) is 18.6 Å². The number of amides is 3. The molecule has 0 radical (unpaired) electrons.